The number of nitro groups is 1. The quantitative estimate of drug-likeness (QED) is 0.429. The zero-order valence-electron chi connectivity index (χ0n) is 7.12. The molecule has 0 atom stereocenters. The molecule has 0 aliphatic heterocycles. The molecular formula is C6H6ClN2O5P. The lowest BCUT2D eigenvalue weighted by atomic mass is 10.3. The van der Waals surface area contributed by atoms with Crippen molar-refractivity contribution in [3.8, 4) is 0 Å². The first kappa shape index (κ1) is 11.9. The summed E-state index contributed by atoms with van der Waals surface area (Å²) in [5.74, 6) is 0. The summed E-state index contributed by atoms with van der Waals surface area (Å²) >= 11 is 5.57. The number of rotatable bonds is 3. The van der Waals surface area contributed by atoms with Gasteiger partial charge in [0.1, 0.15) is 0 Å². The van der Waals surface area contributed by atoms with Crippen molar-refractivity contribution >= 4 is 30.7 Å². The molecule has 0 aliphatic carbocycles. The molecule has 0 bridgehead atoms. The fraction of sp³-hybridized carbons (Fsp3) is 0. The average molecular weight is 253 g/mol. The summed E-state index contributed by atoms with van der Waals surface area (Å²) in [6.07, 6.45) is 0. The van der Waals surface area contributed by atoms with Crippen LogP contribution >= 0.6 is 19.3 Å². The summed E-state index contributed by atoms with van der Waals surface area (Å²) in [6.45, 7) is 0. The second kappa shape index (κ2) is 4.16. The summed E-state index contributed by atoms with van der Waals surface area (Å²) in [5, 5.41) is 12.0. The van der Waals surface area contributed by atoms with E-state index in [-0.39, 0.29) is 16.4 Å². The predicted molar refractivity (Wildman–Crippen MR) is 53.8 cm³/mol. The molecule has 0 unspecified atom stereocenters. The lowest BCUT2D eigenvalue weighted by molar-refractivity contribution is -0.384. The third-order valence-corrected chi connectivity index (χ3v) is 2.27. The average Bonchev–Trinajstić information content (AvgIpc) is 2.05. The molecule has 0 saturated heterocycles. The van der Waals surface area contributed by atoms with Crippen molar-refractivity contribution in [2.45, 2.75) is 0 Å². The van der Waals surface area contributed by atoms with Gasteiger partial charge in [0, 0.05) is 12.1 Å². The van der Waals surface area contributed by atoms with Gasteiger partial charge in [-0.2, -0.15) is 0 Å². The number of hydrogen-bond acceptors (Lipinski definition) is 3. The van der Waals surface area contributed by atoms with Crippen LogP contribution < -0.4 is 5.09 Å². The summed E-state index contributed by atoms with van der Waals surface area (Å²) in [5.41, 5.74) is -0.313. The minimum absolute atomic E-state index is 0.0596. The van der Waals surface area contributed by atoms with Crippen LogP contribution in [0.4, 0.5) is 11.4 Å². The van der Waals surface area contributed by atoms with E-state index in [1.54, 1.807) is 0 Å². The van der Waals surface area contributed by atoms with Crippen LogP contribution in [0.15, 0.2) is 18.2 Å². The van der Waals surface area contributed by atoms with Gasteiger partial charge in [0.25, 0.3) is 5.69 Å². The number of nitrogens with one attached hydrogen (secondary N) is 1. The maximum absolute atomic E-state index is 10.6. The number of hydrogen-bond donors (Lipinski definition) is 3. The molecule has 1 aromatic rings. The standard InChI is InChI=1S/C6H6ClN2O5P/c7-5-3-4(9(10)11)1-2-6(5)8-15(12,13)14/h1-3H,(H3,8,12,13,14). The van der Waals surface area contributed by atoms with Gasteiger partial charge in [-0.25, -0.2) is 4.57 Å². The lowest BCUT2D eigenvalue weighted by Crippen LogP contribution is -1.96. The van der Waals surface area contributed by atoms with Gasteiger partial charge in [-0.15, -0.1) is 0 Å². The maximum atomic E-state index is 10.6. The first-order valence-electron chi connectivity index (χ1n) is 3.57. The molecule has 15 heavy (non-hydrogen) atoms. The van der Waals surface area contributed by atoms with Crippen LogP contribution in [0.25, 0.3) is 0 Å². The molecule has 0 saturated carbocycles. The Kier molecular flexibility index (Phi) is 3.31. The number of nitrogens with zero attached hydrogens (tertiary/aromatic N) is 1. The van der Waals surface area contributed by atoms with Gasteiger partial charge in [-0.3, -0.25) is 15.2 Å². The van der Waals surface area contributed by atoms with E-state index >= 15 is 0 Å². The predicted octanol–water partition coefficient (Wildman–Crippen LogP) is 1.75. The summed E-state index contributed by atoms with van der Waals surface area (Å²) in [7, 11) is -4.46. The van der Waals surface area contributed by atoms with Gasteiger partial charge in [0.15, 0.2) is 0 Å². The minimum atomic E-state index is -4.46. The van der Waals surface area contributed by atoms with Gasteiger partial charge < -0.3 is 9.79 Å². The molecule has 3 N–H and O–H groups in total. The zero-order valence-corrected chi connectivity index (χ0v) is 8.77. The largest absolute Gasteiger partial charge is 0.427 e. The van der Waals surface area contributed by atoms with Crippen molar-refractivity contribution in [3.63, 3.8) is 0 Å². The van der Waals surface area contributed by atoms with Crippen molar-refractivity contribution in [1.82, 2.24) is 0 Å². The van der Waals surface area contributed by atoms with E-state index in [1.807, 2.05) is 5.09 Å². The molecular weight excluding hydrogens is 247 g/mol. The van der Waals surface area contributed by atoms with E-state index in [0.29, 0.717) is 0 Å². The maximum Gasteiger partial charge on any atom is 0.427 e. The van der Waals surface area contributed by atoms with Gasteiger partial charge in [-0.1, -0.05) is 11.6 Å². The van der Waals surface area contributed by atoms with Crippen LogP contribution in [0.1, 0.15) is 0 Å². The first-order valence-corrected chi connectivity index (χ1v) is 5.56. The Hall–Kier alpha value is -1.14. The molecule has 0 aromatic heterocycles. The minimum Gasteiger partial charge on any atom is -0.308 e. The Labute approximate surface area is 89.0 Å². The Balaban J connectivity index is 3.04. The van der Waals surface area contributed by atoms with Crippen LogP contribution in [0, 0.1) is 10.1 Å². The fourth-order valence-corrected chi connectivity index (χ4v) is 1.66. The van der Waals surface area contributed by atoms with Gasteiger partial charge >= 0.3 is 7.75 Å². The van der Waals surface area contributed by atoms with Crippen molar-refractivity contribution < 1.29 is 19.3 Å². The highest BCUT2D eigenvalue weighted by Gasteiger charge is 2.16. The molecule has 0 amide bonds. The molecule has 0 heterocycles. The molecule has 82 valence electrons. The van der Waals surface area contributed by atoms with Crippen LogP contribution in [-0.4, -0.2) is 14.7 Å². The number of anilines is 1. The third-order valence-electron chi connectivity index (χ3n) is 1.43. The van der Waals surface area contributed by atoms with E-state index in [4.69, 9.17) is 21.4 Å². The molecule has 0 aliphatic rings. The van der Waals surface area contributed by atoms with Crippen LogP contribution in [0.3, 0.4) is 0 Å². The van der Waals surface area contributed by atoms with Crippen molar-refractivity contribution in [3.05, 3.63) is 33.3 Å². The highest BCUT2D eigenvalue weighted by Crippen LogP contribution is 2.39. The van der Waals surface area contributed by atoms with E-state index < -0.39 is 12.7 Å². The molecule has 9 heteroatoms. The van der Waals surface area contributed by atoms with Crippen molar-refractivity contribution in [2.75, 3.05) is 5.09 Å². The summed E-state index contributed by atoms with van der Waals surface area (Å²) in [4.78, 5) is 26.8. The van der Waals surface area contributed by atoms with Gasteiger partial charge in [0.05, 0.1) is 15.6 Å². The van der Waals surface area contributed by atoms with Crippen molar-refractivity contribution in [1.29, 1.82) is 0 Å². The van der Waals surface area contributed by atoms with Crippen molar-refractivity contribution in [2.24, 2.45) is 0 Å². The molecule has 1 rings (SSSR count). The number of halogens is 1. The fourth-order valence-electron chi connectivity index (χ4n) is 0.865. The van der Waals surface area contributed by atoms with Gasteiger partial charge in [0.2, 0.25) is 0 Å². The lowest BCUT2D eigenvalue weighted by Gasteiger charge is -2.08. The Morgan fingerprint density at radius 2 is 2.07 bits per heavy atom. The molecule has 7 nitrogen and oxygen atoms in total. The Morgan fingerprint density at radius 1 is 1.47 bits per heavy atom. The van der Waals surface area contributed by atoms with Crippen LogP contribution in [0.5, 0.6) is 0 Å². The second-order valence-electron chi connectivity index (χ2n) is 2.58. The third kappa shape index (κ3) is 3.49. The van der Waals surface area contributed by atoms with Gasteiger partial charge in [-0.05, 0) is 6.07 Å². The smallest absolute Gasteiger partial charge is 0.308 e. The Bertz CT molecular complexity index is 445. The SMILES string of the molecule is O=[N+]([O-])c1ccc(NP(=O)(O)O)c(Cl)c1. The molecule has 0 fully saturated rings. The highest BCUT2D eigenvalue weighted by atomic mass is 35.5. The molecule has 0 radical (unpaired) electrons. The highest BCUT2D eigenvalue weighted by molar-refractivity contribution is 7.53. The van der Waals surface area contributed by atoms with Crippen LogP contribution in [0.2, 0.25) is 5.02 Å². The van der Waals surface area contributed by atoms with Crippen LogP contribution in [-0.2, 0) is 4.57 Å². The second-order valence-corrected chi connectivity index (χ2v) is 4.30. The summed E-state index contributed by atoms with van der Waals surface area (Å²) in [6, 6.07) is 3.21. The number of non-ortho nitro benzene ring substituents is 1. The normalized spacial score (nSPS) is 11.1. The van der Waals surface area contributed by atoms with E-state index in [2.05, 4.69) is 0 Å². The Morgan fingerprint density at radius 3 is 2.47 bits per heavy atom. The molecule has 0 spiro atoms. The topological polar surface area (TPSA) is 113 Å². The summed E-state index contributed by atoms with van der Waals surface area (Å²) < 4.78 is 10.6. The molecule has 1 aromatic carbocycles. The van der Waals surface area contributed by atoms with E-state index in [1.165, 1.54) is 0 Å². The first-order chi connectivity index (χ1) is 6.79. The number of benzene rings is 1. The van der Waals surface area contributed by atoms with E-state index in [9.17, 15) is 14.7 Å². The number of nitro benzene ring substituents is 1. The zero-order chi connectivity index (χ0) is 11.6. The van der Waals surface area contributed by atoms with E-state index in [0.717, 1.165) is 18.2 Å². The monoisotopic (exact) mass is 252 g/mol.